The maximum atomic E-state index is 11.6. The summed E-state index contributed by atoms with van der Waals surface area (Å²) in [6, 6.07) is 5.49. The van der Waals surface area contributed by atoms with Crippen LogP contribution in [0.5, 0.6) is 0 Å². The summed E-state index contributed by atoms with van der Waals surface area (Å²) < 4.78 is 4.75. The summed E-state index contributed by atoms with van der Waals surface area (Å²) in [6.07, 6.45) is 4.99. The number of anilines is 1. The molecule has 0 fully saturated rings. The second-order valence-electron chi connectivity index (χ2n) is 4.07. The van der Waals surface area contributed by atoms with Crippen LogP contribution in [-0.4, -0.2) is 23.0 Å². The summed E-state index contributed by atoms with van der Waals surface area (Å²) in [5.74, 6) is -0.329. The van der Waals surface area contributed by atoms with Crippen molar-refractivity contribution in [2.75, 3.05) is 12.4 Å². The van der Waals surface area contributed by atoms with Gasteiger partial charge in [0.2, 0.25) is 0 Å². The van der Waals surface area contributed by atoms with Gasteiger partial charge in [0.25, 0.3) is 0 Å². The van der Waals surface area contributed by atoms with E-state index in [4.69, 9.17) is 4.74 Å². The quantitative estimate of drug-likeness (QED) is 0.850. The number of aromatic nitrogens is 2. The van der Waals surface area contributed by atoms with Crippen molar-refractivity contribution in [3.8, 4) is 0 Å². The molecule has 19 heavy (non-hydrogen) atoms. The van der Waals surface area contributed by atoms with E-state index in [2.05, 4.69) is 15.3 Å². The molecule has 0 unspecified atom stereocenters. The monoisotopic (exact) mass is 257 g/mol. The van der Waals surface area contributed by atoms with Crippen LogP contribution in [0.4, 0.5) is 5.69 Å². The molecule has 0 atom stereocenters. The number of ether oxygens (including phenoxy) is 1. The summed E-state index contributed by atoms with van der Waals surface area (Å²) in [4.78, 5) is 19.5. The van der Waals surface area contributed by atoms with E-state index in [1.54, 1.807) is 18.5 Å². The summed E-state index contributed by atoms with van der Waals surface area (Å²) >= 11 is 0. The predicted molar refractivity (Wildman–Crippen MR) is 71.9 cm³/mol. The van der Waals surface area contributed by atoms with Gasteiger partial charge in [0.1, 0.15) is 6.33 Å². The van der Waals surface area contributed by atoms with Crippen molar-refractivity contribution in [3.05, 3.63) is 53.6 Å². The van der Waals surface area contributed by atoms with E-state index in [9.17, 15) is 4.79 Å². The molecule has 0 aliphatic rings. The molecule has 0 bridgehead atoms. The molecule has 0 aliphatic carbocycles. The lowest BCUT2D eigenvalue weighted by atomic mass is 10.1. The standard InChI is InChI=1S/C14H15N3O2/c1-10-12(14(18)19-2)4-3-5-13(10)17-8-11-6-15-9-16-7-11/h3-7,9,17H,8H2,1-2H3. The molecular formula is C14H15N3O2. The van der Waals surface area contributed by atoms with Crippen LogP contribution in [0.3, 0.4) is 0 Å². The minimum absolute atomic E-state index is 0.329. The molecular weight excluding hydrogens is 242 g/mol. The summed E-state index contributed by atoms with van der Waals surface area (Å²) in [7, 11) is 1.38. The summed E-state index contributed by atoms with van der Waals surface area (Å²) in [5.41, 5.74) is 3.31. The fourth-order valence-electron chi connectivity index (χ4n) is 1.78. The molecule has 0 radical (unpaired) electrons. The lowest BCUT2D eigenvalue weighted by Gasteiger charge is -2.12. The predicted octanol–water partition coefficient (Wildman–Crippen LogP) is 2.18. The van der Waals surface area contributed by atoms with E-state index in [0.29, 0.717) is 12.1 Å². The number of carbonyl (C=O) groups excluding carboxylic acids is 1. The fraction of sp³-hybridized carbons (Fsp3) is 0.214. The minimum atomic E-state index is -0.329. The highest BCUT2D eigenvalue weighted by atomic mass is 16.5. The van der Waals surface area contributed by atoms with Gasteiger partial charge < -0.3 is 10.1 Å². The highest BCUT2D eigenvalue weighted by Gasteiger charge is 2.11. The van der Waals surface area contributed by atoms with Gasteiger partial charge in [-0.25, -0.2) is 14.8 Å². The molecule has 98 valence electrons. The lowest BCUT2D eigenvalue weighted by molar-refractivity contribution is 0.0600. The summed E-state index contributed by atoms with van der Waals surface area (Å²) in [6.45, 7) is 2.49. The molecule has 5 nitrogen and oxygen atoms in total. The molecule has 2 rings (SSSR count). The number of carbonyl (C=O) groups is 1. The number of esters is 1. The van der Waals surface area contributed by atoms with E-state index in [1.807, 2.05) is 19.1 Å². The molecule has 5 heteroatoms. The number of methoxy groups -OCH3 is 1. The van der Waals surface area contributed by atoms with E-state index in [0.717, 1.165) is 16.8 Å². The van der Waals surface area contributed by atoms with Gasteiger partial charge in [-0.2, -0.15) is 0 Å². The molecule has 1 aromatic heterocycles. The first-order valence-corrected chi connectivity index (χ1v) is 5.88. The van der Waals surface area contributed by atoms with Crippen LogP contribution in [0.25, 0.3) is 0 Å². The molecule has 0 saturated carbocycles. The van der Waals surface area contributed by atoms with Crippen LogP contribution >= 0.6 is 0 Å². The van der Waals surface area contributed by atoms with Crippen molar-refractivity contribution in [1.29, 1.82) is 0 Å². The molecule has 1 N–H and O–H groups in total. The van der Waals surface area contributed by atoms with Crippen molar-refractivity contribution in [1.82, 2.24) is 9.97 Å². The second kappa shape index (κ2) is 5.95. The van der Waals surface area contributed by atoms with Crippen LogP contribution in [0.1, 0.15) is 21.5 Å². The first-order chi connectivity index (χ1) is 9.22. The van der Waals surface area contributed by atoms with E-state index in [-0.39, 0.29) is 5.97 Å². The van der Waals surface area contributed by atoms with Crippen LogP contribution in [0.15, 0.2) is 36.9 Å². The third-order valence-corrected chi connectivity index (χ3v) is 2.84. The van der Waals surface area contributed by atoms with Gasteiger partial charge in [0.15, 0.2) is 0 Å². The topological polar surface area (TPSA) is 64.1 Å². The van der Waals surface area contributed by atoms with Crippen LogP contribution in [0.2, 0.25) is 0 Å². The van der Waals surface area contributed by atoms with Gasteiger partial charge >= 0.3 is 5.97 Å². The average Bonchev–Trinajstić information content (AvgIpc) is 2.46. The molecule has 0 amide bonds. The first kappa shape index (κ1) is 13.0. The average molecular weight is 257 g/mol. The highest BCUT2D eigenvalue weighted by molar-refractivity contribution is 5.92. The van der Waals surface area contributed by atoms with Crippen molar-refractivity contribution < 1.29 is 9.53 Å². The largest absolute Gasteiger partial charge is 0.465 e. The number of rotatable bonds is 4. The fourth-order valence-corrected chi connectivity index (χ4v) is 1.78. The Morgan fingerprint density at radius 2 is 2.05 bits per heavy atom. The Bertz CT molecular complexity index is 570. The SMILES string of the molecule is COC(=O)c1cccc(NCc2cncnc2)c1C. The zero-order valence-electron chi connectivity index (χ0n) is 10.9. The van der Waals surface area contributed by atoms with Crippen molar-refractivity contribution in [3.63, 3.8) is 0 Å². The molecule has 1 aromatic carbocycles. The normalized spacial score (nSPS) is 10.0. The maximum Gasteiger partial charge on any atom is 0.338 e. The minimum Gasteiger partial charge on any atom is -0.465 e. The van der Waals surface area contributed by atoms with E-state index < -0.39 is 0 Å². The Morgan fingerprint density at radius 3 is 2.74 bits per heavy atom. The van der Waals surface area contributed by atoms with Crippen LogP contribution in [0, 0.1) is 6.92 Å². The third kappa shape index (κ3) is 3.07. The van der Waals surface area contributed by atoms with Gasteiger partial charge in [-0.15, -0.1) is 0 Å². The molecule has 0 spiro atoms. The smallest absolute Gasteiger partial charge is 0.338 e. The number of hydrogen-bond donors (Lipinski definition) is 1. The van der Waals surface area contributed by atoms with E-state index >= 15 is 0 Å². The molecule has 0 aliphatic heterocycles. The number of benzene rings is 1. The Labute approximate surface area is 111 Å². The van der Waals surface area contributed by atoms with Crippen LogP contribution < -0.4 is 5.32 Å². The number of nitrogens with one attached hydrogen (secondary N) is 1. The Hall–Kier alpha value is -2.43. The van der Waals surface area contributed by atoms with E-state index in [1.165, 1.54) is 13.4 Å². The number of hydrogen-bond acceptors (Lipinski definition) is 5. The third-order valence-electron chi connectivity index (χ3n) is 2.84. The van der Waals surface area contributed by atoms with Gasteiger partial charge in [-0.05, 0) is 24.6 Å². The zero-order valence-corrected chi connectivity index (χ0v) is 10.9. The zero-order chi connectivity index (χ0) is 13.7. The van der Waals surface area contributed by atoms with Crippen molar-refractivity contribution in [2.45, 2.75) is 13.5 Å². The first-order valence-electron chi connectivity index (χ1n) is 5.88. The van der Waals surface area contributed by atoms with Crippen LogP contribution in [-0.2, 0) is 11.3 Å². The second-order valence-corrected chi connectivity index (χ2v) is 4.07. The molecule has 0 saturated heterocycles. The van der Waals surface area contributed by atoms with Gasteiger partial charge in [-0.3, -0.25) is 0 Å². The Balaban J connectivity index is 2.15. The Kier molecular flexibility index (Phi) is 4.07. The highest BCUT2D eigenvalue weighted by Crippen LogP contribution is 2.20. The van der Waals surface area contributed by atoms with Gasteiger partial charge in [-0.1, -0.05) is 6.07 Å². The lowest BCUT2D eigenvalue weighted by Crippen LogP contribution is -2.07. The van der Waals surface area contributed by atoms with Gasteiger partial charge in [0.05, 0.1) is 12.7 Å². The van der Waals surface area contributed by atoms with Gasteiger partial charge in [0, 0.05) is 30.2 Å². The molecule has 1 heterocycles. The Morgan fingerprint density at radius 1 is 1.32 bits per heavy atom. The van der Waals surface area contributed by atoms with Crippen molar-refractivity contribution in [2.24, 2.45) is 0 Å². The van der Waals surface area contributed by atoms with Crippen molar-refractivity contribution >= 4 is 11.7 Å². The number of nitrogens with zero attached hydrogens (tertiary/aromatic N) is 2. The maximum absolute atomic E-state index is 11.6. The summed E-state index contributed by atoms with van der Waals surface area (Å²) in [5, 5.41) is 3.26. The molecule has 2 aromatic rings.